The Labute approximate surface area is 330 Å². The van der Waals surface area contributed by atoms with E-state index in [4.69, 9.17) is 18.9 Å². The highest BCUT2D eigenvalue weighted by molar-refractivity contribution is 5.98. The Hall–Kier alpha value is -7.03. The summed E-state index contributed by atoms with van der Waals surface area (Å²) in [6.45, 7) is 3.72. The van der Waals surface area contributed by atoms with Crippen molar-refractivity contribution in [1.82, 2.24) is 16.0 Å². The minimum absolute atomic E-state index is 0.00476. The molecule has 4 N–H and O–H groups in total. The molecule has 15 nitrogen and oxygen atoms in total. The smallest absolute Gasteiger partial charge is 0.445 e. The molecule has 4 aromatic carbocycles. The van der Waals surface area contributed by atoms with E-state index in [-0.39, 0.29) is 50.6 Å². The second-order valence-electron chi connectivity index (χ2n) is 12.6. The highest BCUT2D eigenvalue weighted by atomic mass is 16.7. The number of nitrogens with one attached hydrogen (secondary N) is 4. The summed E-state index contributed by atoms with van der Waals surface area (Å²) in [5.74, 6) is -0.918. The van der Waals surface area contributed by atoms with E-state index >= 15 is 0 Å². The van der Waals surface area contributed by atoms with Crippen LogP contribution < -0.4 is 26.0 Å². The van der Waals surface area contributed by atoms with Crippen LogP contribution in [0.2, 0.25) is 0 Å². The molecule has 57 heavy (non-hydrogen) atoms. The van der Waals surface area contributed by atoms with Gasteiger partial charge in [0.25, 0.3) is 0 Å². The van der Waals surface area contributed by atoms with E-state index in [1.807, 2.05) is 60.7 Å². The molecule has 4 amide bonds. The first-order chi connectivity index (χ1) is 27.7. The number of nitroso groups, excluding NO2 is 1. The molecule has 4 rings (SSSR count). The van der Waals surface area contributed by atoms with Crippen molar-refractivity contribution >= 4 is 41.5 Å². The molecule has 0 aliphatic heterocycles. The number of nitrogens with zero attached hydrogens (tertiary/aromatic N) is 1. The summed E-state index contributed by atoms with van der Waals surface area (Å²) in [7, 11) is 0. The maximum Gasteiger partial charge on any atom is 0.514 e. The van der Waals surface area contributed by atoms with Crippen LogP contribution in [0.5, 0.6) is 5.75 Å². The largest absolute Gasteiger partial charge is 0.514 e. The molecule has 0 heterocycles. The molecule has 0 aliphatic carbocycles. The van der Waals surface area contributed by atoms with Crippen LogP contribution in [-0.2, 0) is 43.4 Å². The Kier molecular flexibility index (Phi) is 17.7. The van der Waals surface area contributed by atoms with Gasteiger partial charge in [-0.1, -0.05) is 85.5 Å². The second kappa shape index (κ2) is 23.7. The summed E-state index contributed by atoms with van der Waals surface area (Å²) in [5, 5.41) is 13.7. The second-order valence-corrected chi connectivity index (χ2v) is 12.6. The summed E-state index contributed by atoms with van der Waals surface area (Å²) in [4.78, 5) is 75.0. The zero-order chi connectivity index (χ0) is 40.7. The monoisotopic (exact) mass is 779 g/mol. The number of carbonyl (C=O) groups is 5. The predicted octanol–water partition coefficient (Wildman–Crippen LogP) is 7.23. The summed E-state index contributed by atoms with van der Waals surface area (Å²) < 4.78 is 20.6. The third-order valence-electron chi connectivity index (χ3n) is 8.26. The number of hydrogen-bond donors (Lipinski definition) is 4. The number of rotatable bonds is 21. The van der Waals surface area contributed by atoms with E-state index in [0.29, 0.717) is 30.5 Å². The predicted molar refractivity (Wildman–Crippen MR) is 211 cm³/mol. The Bertz CT molecular complexity index is 1910. The fraction of sp³-hybridized carbons (Fsp3) is 0.262. The van der Waals surface area contributed by atoms with E-state index in [1.165, 1.54) is 30.3 Å². The molecule has 0 aromatic heterocycles. The number of aryl methyl sites for hydroxylation is 1. The first-order valence-electron chi connectivity index (χ1n) is 18.2. The lowest BCUT2D eigenvalue weighted by atomic mass is 10.0. The Balaban J connectivity index is 1.39. The zero-order valence-corrected chi connectivity index (χ0v) is 31.2. The van der Waals surface area contributed by atoms with Gasteiger partial charge in [0.1, 0.15) is 43.3 Å². The molecule has 0 saturated carbocycles. The maximum atomic E-state index is 13.8. The molecule has 0 unspecified atom stereocenters. The quantitative estimate of drug-likeness (QED) is 0.0167. The number of unbranched alkanes of at least 4 members (excludes halogenated alkanes) is 1. The van der Waals surface area contributed by atoms with Crippen LogP contribution in [0.3, 0.4) is 0 Å². The van der Waals surface area contributed by atoms with Gasteiger partial charge in [-0.15, -0.1) is 4.91 Å². The van der Waals surface area contributed by atoms with E-state index in [1.54, 1.807) is 24.3 Å². The number of ether oxygens (including phenoxy) is 4. The van der Waals surface area contributed by atoms with Crippen LogP contribution >= 0.6 is 0 Å². The molecule has 0 spiro atoms. The number of carbonyl (C=O) groups excluding carboxylic acids is 5. The third-order valence-corrected chi connectivity index (χ3v) is 8.26. The Morgan fingerprint density at radius 1 is 0.649 bits per heavy atom. The minimum atomic E-state index is -1.04. The molecule has 0 radical (unpaired) electrons. The lowest BCUT2D eigenvalue weighted by molar-refractivity contribution is -0.128. The highest BCUT2D eigenvalue weighted by Crippen LogP contribution is 2.19. The van der Waals surface area contributed by atoms with E-state index < -0.39 is 42.2 Å². The summed E-state index contributed by atoms with van der Waals surface area (Å²) in [6, 6.07) is 28.6. The number of benzene rings is 4. The fourth-order valence-corrected chi connectivity index (χ4v) is 5.28. The molecule has 0 aliphatic rings. The summed E-state index contributed by atoms with van der Waals surface area (Å²) in [5.41, 5.74) is 2.92. The number of anilines is 1. The molecule has 0 fully saturated rings. The molecular weight excluding hydrogens is 734 g/mol. The molecule has 0 saturated heterocycles. The number of hydrogen-bond acceptors (Lipinski definition) is 11. The van der Waals surface area contributed by atoms with E-state index in [0.717, 1.165) is 11.1 Å². The molecule has 4 aromatic rings. The average Bonchev–Trinajstić information content (AvgIpc) is 3.23. The van der Waals surface area contributed by atoms with Gasteiger partial charge in [-0.2, -0.15) is 0 Å². The van der Waals surface area contributed by atoms with Crippen molar-refractivity contribution in [2.24, 2.45) is 5.18 Å². The van der Waals surface area contributed by atoms with Crippen molar-refractivity contribution in [2.45, 2.75) is 57.4 Å². The molecule has 2 atom stereocenters. The first-order valence-corrected chi connectivity index (χ1v) is 18.2. The van der Waals surface area contributed by atoms with Gasteiger partial charge < -0.3 is 40.2 Å². The Morgan fingerprint density at radius 3 is 1.95 bits per heavy atom. The minimum Gasteiger partial charge on any atom is -0.445 e. The molecule has 298 valence electrons. The van der Waals surface area contributed by atoms with Gasteiger partial charge in [0.2, 0.25) is 11.8 Å². The average molecular weight is 780 g/mol. The van der Waals surface area contributed by atoms with Crippen LogP contribution in [0, 0.1) is 4.91 Å². The van der Waals surface area contributed by atoms with Crippen LogP contribution in [-0.4, -0.2) is 55.4 Å². The highest BCUT2D eigenvalue weighted by Gasteiger charge is 2.27. The molecular formula is C42H45N5O10. The zero-order valence-electron chi connectivity index (χ0n) is 31.2. The standard InChI is InChI=1S/C42H45N5O10/c1-2-27-54-40(50)43-26-10-9-15-36(38(48)44-33-19-16-32(17-20-33)29-56-42(52)57-35-23-21-34(47-53)22-24-35)45-39(49)37(25-18-30-11-5-3-6-12-30)46-41(51)55-28-31-13-7-4-8-14-31/h2-8,11-14,16-17,19-24,36-37H,1,9-10,15,18,25-29H2,(H,43,50)(H,44,48)(H,45,49)(H,46,51)/t36-,37-/m0/s1. The molecule has 0 bridgehead atoms. The van der Waals surface area contributed by atoms with Crippen molar-refractivity contribution in [3.05, 3.63) is 143 Å². The van der Waals surface area contributed by atoms with Crippen molar-refractivity contribution in [1.29, 1.82) is 0 Å². The Morgan fingerprint density at radius 2 is 1.28 bits per heavy atom. The van der Waals surface area contributed by atoms with Crippen molar-refractivity contribution < 1.29 is 42.9 Å². The van der Waals surface area contributed by atoms with E-state index in [9.17, 15) is 28.9 Å². The fourth-order valence-electron chi connectivity index (χ4n) is 5.28. The third kappa shape index (κ3) is 16.1. The number of amides is 4. The van der Waals surface area contributed by atoms with Gasteiger partial charge in [-0.25, -0.2) is 14.4 Å². The van der Waals surface area contributed by atoms with Crippen LogP contribution in [0.4, 0.5) is 25.8 Å². The SMILES string of the molecule is C=CCOC(=O)NCCCC[C@H](NC(=O)[C@H](CCc1ccccc1)NC(=O)OCc1ccccc1)C(=O)Nc1ccc(COC(=O)Oc2ccc(N=O)cc2)cc1. The lowest BCUT2D eigenvalue weighted by Crippen LogP contribution is -2.52. The summed E-state index contributed by atoms with van der Waals surface area (Å²) >= 11 is 0. The summed E-state index contributed by atoms with van der Waals surface area (Å²) in [6.07, 6.45) is 0.907. The van der Waals surface area contributed by atoms with Crippen LogP contribution in [0.15, 0.2) is 127 Å². The van der Waals surface area contributed by atoms with Gasteiger partial charge in [0.05, 0.1) is 0 Å². The topological polar surface area (TPSA) is 200 Å². The van der Waals surface area contributed by atoms with Gasteiger partial charge in [0.15, 0.2) is 0 Å². The van der Waals surface area contributed by atoms with Gasteiger partial charge in [-0.3, -0.25) is 9.59 Å². The first kappa shape index (κ1) is 42.7. The number of alkyl carbamates (subject to hydrolysis) is 2. The van der Waals surface area contributed by atoms with Crippen LogP contribution in [0.1, 0.15) is 42.4 Å². The van der Waals surface area contributed by atoms with Gasteiger partial charge >= 0.3 is 18.3 Å². The van der Waals surface area contributed by atoms with Gasteiger partial charge in [0, 0.05) is 12.2 Å². The van der Waals surface area contributed by atoms with Gasteiger partial charge in [-0.05, 0) is 90.4 Å². The maximum absolute atomic E-state index is 13.8. The molecule has 15 heteroatoms. The lowest BCUT2D eigenvalue weighted by Gasteiger charge is -2.23. The van der Waals surface area contributed by atoms with Crippen LogP contribution in [0.25, 0.3) is 0 Å². The van der Waals surface area contributed by atoms with Crippen molar-refractivity contribution in [3.8, 4) is 5.75 Å². The van der Waals surface area contributed by atoms with Crippen molar-refractivity contribution in [2.75, 3.05) is 18.5 Å². The van der Waals surface area contributed by atoms with Crippen molar-refractivity contribution in [3.63, 3.8) is 0 Å². The normalized spacial score (nSPS) is 11.4. The van der Waals surface area contributed by atoms with E-state index in [2.05, 4.69) is 33.0 Å².